The first-order valence-corrected chi connectivity index (χ1v) is 11.0. The summed E-state index contributed by atoms with van der Waals surface area (Å²) < 4.78 is 8.59. The summed E-state index contributed by atoms with van der Waals surface area (Å²) in [5, 5.41) is 8.39. The van der Waals surface area contributed by atoms with Crippen molar-refractivity contribution >= 4 is 33.1 Å². The first-order valence-electron chi connectivity index (χ1n) is 10.2. The van der Waals surface area contributed by atoms with Crippen LogP contribution in [0.1, 0.15) is 33.6 Å². The third-order valence-electron chi connectivity index (χ3n) is 5.41. The molecule has 0 unspecified atom stereocenters. The minimum absolute atomic E-state index is 0.0425. The number of rotatable bonds is 5. The van der Waals surface area contributed by atoms with Gasteiger partial charge in [-0.2, -0.15) is 5.10 Å². The van der Waals surface area contributed by atoms with E-state index in [0.29, 0.717) is 5.75 Å². The molecule has 7 heteroatoms. The molecule has 0 atom stereocenters. The van der Waals surface area contributed by atoms with E-state index in [4.69, 9.17) is 9.72 Å². The highest BCUT2D eigenvalue weighted by Gasteiger charge is 2.17. The average molecular weight is 435 g/mol. The van der Waals surface area contributed by atoms with Crippen LogP contribution < -0.4 is 10.1 Å². The molecule has 1 N–H and O–H groups in total. The number of ether oxygens (including phenoxy) is 1. The number of benzene rings is 2. The van der Waals surface area contributed by atoms with Gasteiger partial charge in [-0.1, -0.05) is 17.4 Å². The zero-order valence-electron chi connectivity index (χ0n) is 18.7. The van der Waals surface area contributed by atoms with Gasteiger partial charge in [0.05, 0.1) is 15.9 Å². The molecule has 2 aromatic heterocycles. The molecule has 0 aliphatic carbocycles. The second-order valence-electron chi connectivity index (χ2n) is 7.96. The summed E-state index contributed by atoms with van der Waals surface area (Å²) in [5.74, 6) is 0.506. The third kappa shape index (κ3) is 4.18. The molecular formula is C24H26N4O2S. The van der Waals surface area contributed by atoms with Crippen LogP contribution >= 0.6 is 11.3 Å². The summed E-state index contributed by atoms with van der Waals surface area (Å²) in [5.41, 5.74) is 8.02. The van der Waals surface area contributed by atoms with E-state index in [-0.39, 0.29) is 12.5 Å². The molecule has 31 heavy (non-hydrogen) atoms. The van der Waals surface area contributed by atoms with Gasteiger partial charge in [-0.05, 0) is 88.1 Å². The number of anilines is 1. The average Bonchev–Trinajstić information content (AvgIpc) is 3.28. The van der Waals surface area contributed by atoms with Crippen molar-refractivity contribution in [3.63, 3.8) is 0 Å². The summed E-state index contributed by atoms with van der Waals surface area (Å²) in [6.07, 6.45) is 0. The van der Waals surface area contributed by atoms with Gasteiger partial charge in [-0.25, -0.2) is 9.67 Å². The first-order chi connectivity index (χ1) is 14.7. The van der Waals surface area contributed by atoms with Crippen LogP contribution in [0.15, 0.2) is 30.3 Å². The van der Waals surface area contributed by atoms with E-state index >= 15 is 0 Å². The Hall–Kier alpha value is -3.19. The van der Waals surface area contributed by atoms with Crippen LogP contribution in [0, 0.1) is 41.5 Å². The van der Waals surface area contributed by atoms with Crippen LogP contribution in [0.25, 0.3) is 15.3 Å². The molecule has 0 bridgehead atoms. The molecule has 160 valence electrons. The van der Waals surface area contributed by atoms with Crippen LogP contribution in [0.5, 0.6) is 5.75 Å². The highest BCUT2D eigenvalue weighted by atomic mass is 32.1. The fourth-order valence-electron chi connectivity index (χ4n) is 3.61. The van der Waals surface area contributed by atoms with Gasteiger partial charge in [-0.3, -0.25) is 4.79 Å². The maximum atomic E-state index is 12.6. The molecular weight excluding hydrogens is 408 g/mol. The number of carbonyl (C=O) groups is 1. The second kappa shape index (κ2) is 8.15. The number of thiazole rings is 1. The number of aryl methyl sites for hydroxylation is 6. The van der Waals surface area contributed by atoms with E-state index < -0.39 is 0 Å². The van der Waals surface area contributed by atoms with Crippen LogP contribution in [0.4, 0.5) is 5.69 Å². The molecule has 2 heterocycles. The number of nitrogens with zero attached hydrogens (tertiary/aromatic N) is 3. The Bertz CT molecular complexity index is 1300. The summed E-state index contributed by atoms with van der Waals surface area (Å²) in [4.78, 5) is 17.4. The summed E-state index contributed by atoms with van der Waals surface area (Å²) >= 11 is 1.57. The van der Waals surface area contributed by atoms with Gasteiger partial charge in [-0.15, -0.1) is 0 Å². The first kappa shape index (κ1) is 21.1. The number of carbonyl (C=O) groups excluding carboxylic acids is 1. The molecule has 0 aliphatic heterocycles. The second-order valence-corrected chi connectivity index (χ2v) is 8.94. The molecule has 1 amide bonds. The quantitative estimate of drug-likeness (QED) is 0.460. The molecule has 0 saturated carbocycles. The van der Waals surface area contributed by atoms with E-state index in [1.807, 2.05) is 76.6 Å². The van der Waals surface area contributed by atoms with Crippen molar-refractivity contribution in [2.45, 2.75) is 41.5 Å². The van der Waals surface area contributed by atoms with E-state index in [9.17, 15) is 4.79 Å². The van der Waals surface area contributed by atoms with Crippen molar-refractivity contribution in [2.75, 3.05) is 11.9 Å². The summed E-state index contributed by atoms with van der Waals surface area (Å²) in [7, 11) is 0. The Kier molecular flexibility index (Phi) is 5.54. The maximum absolute atomic E-state index is 12.6. The molecule has 0 saturated heterocycles. The lowest BCUT2D eigenvalue weighted by molar-refractivity contribution is -0.118. The number of nitrogens with one attached hydrogen (secondary N) is 1. The molecule has 4 rings (SSSR count). The smallest absolute Gasteiger partial charge is 0.262 e. The molecule has 0 aliphatic rings. The Balaban J connectivity index is 1.56. The van der Waals surface area contributed by atoms with E-state index in [0.717, 1.165) is 49.1 Å². The Labute approximate surface area is 185 Å². The number of hydrogen-bond donors (Lipinski definition) is 1. The standard InChI is InChI=1S/C24H26N4O2S/c1-13-7-8-19(9-14(13)2)30-12-21(29)26-22-15(3)10-20-23(18(22)6)31-24(25-20)28-17(5)11-16(4)27-28/h7-11H,12H2,1-6H3,(H,26,29). The van der Waals surface area contributed by atoms with Gasteiger partial charge < -0.3 is 10.1 Å². The largest absolute Gasteiger partial charge is 0.484 e. The van der Waals surface area contributed by atoms with Gasteiger partial charge in [0, 0.05) is 11.4 Å². The van der Waals surface area contributed by atoms with Gasteiger partial charge in [0.2, 0.25) is 5.13 Å². The highest BCUT2D eigenvalue weighted by molar-refractivity contribution is 7.21. The molecule has 4 aromatic rings. The van der Waals surface area contributed by atoms with Crippen LogP contribution in [-0.2, 0) is 4.79 Å². The maximum Gasteiger partial charge on any atom is 0.262 e. The predicted molar refractivity (Wildman–Crippen MR) is 126 cm³/mol. The van der Waals surface area contributed by atoms with Gasteiger partial charge in [0.1, 0.15) is 5.75 Å². The van der Waals surface area contributed by atoms with E-state index in [1.54, 1.807) is 11.3 Å². The van der Waals surface area contributed by atoms with Crippen molar-refractivity contribution in [1.82, 2.24) is 14.8 Å². The van der Waals surface area contributed by atoms with Gasteiger partial charge in [0.25, 0.3) is 5.91 Å². The van der Waals surface area contributed by atoms with Crippen molar-refractivity contribution in [3.05, 3.63) is 64.0 Å². The molecule has 6 nitrogen and oxygen atoms in total. The molecule has 0 spiro atoms. The lowest BCUT2D eigenvalue weighted by atomic mass is 10.1. The highest BCUT2D eigenvalue weighted by Crippen LogP contribution is 2.34. The minimum atomic E-state index is -0.188. The van der Waals surface area contributed by atoms with Crippen LogP contribution in [0.3, 0.4) is 0 Å². The number of hydrogen-bond acceptors (Lipinski definition) is 5. The minimum Gasteiger partial charge on any atom is -0.484 e. The SMILES string of the molecule is Cc1cc(C)n(-c2nc3cc(C)c(NC(=O)COc4ccc(C)c(C)c4)c(C)c3s2)n1. The predicted octanol–water partition coefficient (Wildman–Crippen LogP) is 5.35. The van der Waals surface area contributed by atoms with E-state index in [2.05, 4.69) is 10.4 Å². The Morgan fingerprint density at radius 3 is 2.48 bits per heavy atom. The van der Waals surface area contributed by atoms with Crippen molar-refractivity contribution in [2.24, 2.45) is 0 Å². The molecule has 0 fully saturated rings. The third-order valence-corrected chi connectivity index (χ3v) is 6.57. The summed E-state index contributed by atoms with van der Waals surface area (Å²) in [6.45, 7) is 12.0. The van der Waals surface area contributed by atoms with Crippen molar-refractivity contribution in [3.8, 4) is 10.9 Å². The Morgan fingerprint density at radius 2 is 1.81 bits per heavy atom. The van der Waals surface area contributed by atoms with E-state index in [1.165, 1.54) is 5.56 Å². The number of amides is 1. The molecule has 2 aromatic carbocycles. The van der Waals surface area contributed by atoms with Crippen molar-refractivity contribution in [1.29, 1.82) is 0 Å². The fraction of sp³-hybridized carbons (Fsp3) is 0.292. The zero-order valence-corrected chi connectivity index (χ0v) is 19.5. The summed E-state index contributed by atoms with van der Waals surface area (Å²) in [6, 6.07) is 9.87. The van der Waals surface area contributed by atoms with Crippen LogP contribution in [0.2, 0.25) is 0 Å². The molecule has 0 radical (unpaired) electrons. The monoisotopic (exact) mass is 434 g/mol. The van der Waals surface area contributed by atoms with Gasteiger partial charge >= 0.3 is 0 Å². The number of fused-ring (bicyclic) bond motifs is 1. The van der Waals surface area contributed by atoms with Gasteiger partial charge in [0.15, 0.2) is 6.61 Å². The van der Waals surface area contributed by atoms with Crippen molar-refractivity contribution < 1.29 is 9.53 Å². The lowest BCUT2D eigenvalue weighted by Crippen LogP contribution is -2.21. The normalized spacial score (nSPS) is 11.2. The number of aromatic nitrogens is 3. The topological polar surface area (TPSA) is 69.0 Å². The Morgan fingerprint density at radius 1 is 1.03 bits per heavy atom. The lowest BCUT2D eigenvalue weighted by Gasteiger charge is -2.13. The van der Waals surface area contributed by atoms with Crippen LogP contribution in [-0.4, -0.2) is 27.3 Å². The zero-order chi connectivity index (χ0) is 22.3. The fourth-order valence-corrected chi connectivity index (χ4v) is 4.67.